The summed E-state index contributed by atoms with van der Waals surface area (Å²) in [6.45, 7) is 8.46. The smallest absolute Gasteiger partial charge is 0.270 e. The Hall–Kier alpha value is -2.25. The van der Waals surface area contributed by atoms with Gasteiger partial charge in [-0.15, -0.1) is 0 Å². The second-order valence-electron chi connectivity index (χ2n) is 8.93. The summed E-state index contributed by atoms with van der Waals surface area (Å²) in [5.74, 6) is 0.0143. The van der Waals surface area contributed by atoms with Gasteiger partial charge in [-0.1, -0.05) is 18.2 Å². The predicted molar refractivity (Wildman–Crippen MR) is 119 cm³/mol. The summed E-state index contributed by atoms with van der Waals surface area (Å²) < 4.78 is 0. The number of carbonyl (C=O) groups excluding carboxylic acids is 2. The van der Waals surface area contributed by atoms with Crippen LogP contribution in [0.25, 0.3) is 0 Å². The highest BCUT2D eigenvalue weighted by Gasteiger charge is 2.38. The van der Waals surface area contributed by atoms with E-state index in [0.717, 1.165) is 38.4 Å². The number of hydrogen-bond donors (Lipinski definition) is 0. The largest absolute Gasteiger partial charge is 0.335 e. The van der Waals surface area contributed by atoms with E-state index < -0.39 is 6.04 Å². The lowest BCUT2D eigenvalue weighted by Gasteiger charge is -2.46. The Morgan fingerprint density at radius 1 is 1.03 bits per heavy atom. The number of hydrogen-bond acceptors (Lipinski definition) is 6. The highest BCUT2D eigenvalue weighted by Crippen LogP contribution is 2.27. The standard InChI is InChI=1S/C23H33N5O2/c1-17-16-26(13-14-27(17)19-9-11-25(3)12-10-19)23(30)21-15-22(18(2)29)28(24-21)20-7-5-4-6-8-20/h4-8,17,19,22H,9-16H2,1-3H3/t17-,22+/m0/s1. The van der Waals surface area contributed by atoms with Crippen molar-refractivity contribution in [2.75, 3.05) is 44.8 Å². The molecular weight excluding hydrogens is 378 g/mol. The molecule has 0 aliphatic carbocycles. The topological polar surface area (TPSA) is 59.5 Å². The third-order valence-corrected chi connectivity index (χ3v) is 6.77. The van der Waals surface area contributed by atoms with Crippen molar-refractivity contribution in [3.63, 3.8) is 0 Å². The van der Waals surface area contributed by atoms with E-state index in [1.54, 1.807) is 11.9 Å². The number of rotatable bonds is 4. The molecule has 4 rings (SSSR count). The van der Waals surface area contributed by atoms with Crippen LogP contribution in [-0.2, 0) is 9.59 Å². The van der Waals surface area contributed by atoms with Crippen LogP contribution in [0.4, 0.5) is 5.69 Å². The van der Waals surface area contributed by atoms with Gasteiger partial charge in [0.05, 0.1) is 5.69 Å². The van der Waals surface area contributed by atoms with Gasteiger partial charge in [-0.05, 0) is 59.0 Å². The normalized spacial score (nSPS) is 26.7. The van der Waals surface area contributed by atoms with E-state index in [0.29, 0.717) is 24.2 Å². The third-order valence-electron chi connectivity index (χ3n) is 6.77. The number of likely N-dealkylation sites (tertiary alicyclic amines) is 1. The fourth-order valence-electron chi connectivity index (χ4n) is 4.98. The fourth-order valence-corrected chi connectivity index (χ4v) is 4.98. The zero-order valence-electron chi connectivity index (χ0n) is 18.3. The molecule has 30 heavy (non-hydrogen) atoms. The van der Waals surface area contributed by atoms with E-state index in [-0.39, 0.29) is 11.7 Å². The lowest BCUT2D eigenvalue weighted by Crippen LogP contribution is -2.59. The van der Waals surface area contributed by atoms with Crippen LogP contribution in [0.2, 0.25) is 0 Å². The highest BCUT2D eigenvalue weighted by molar-refractivity contribution is 6.40. The first kappa shape index (κ1) is 21.0. The summed E-state index contributed by atoms with van der Waals surface area (Å²) in [6.07, 6.45) is 2.79. The maximum atomic E-state index is 13.2. The van der Waals surface area contributed by atoms with Gasteiger partial charge in [-0.25, -0.2) is 0 Å². The minimum absolute atomic E-state index is 0.0189. The van der Waals surface area contributed by atoms with Gasteiger partial charge in [0, 0.05) is 38.1 Å². The quantitative estimate of drug-likeness (QED) is 0.757. The number of Topliss-reactive ketones (excluding diaryl/α,β-unsaturated/α-hetero) is 1. The summed E-state index contributed by atoms with van der Waals surface area (Å²) in [6, 6.07) is 10.2. The number of amides is 1. The molecule has 2 atom stereocenters. The van der Waals surface area contributed by atoms with Crippen molar-refractivity contribution in [1.29, 1.82) is 0 Å². The van der Waals surface area contributed by atoms with E-state index in [1.807, 2.05) is 35.2 Å². The molecule has 1 aromatic carbocycles. The van der Waals surface area contributed by atoms with Crippen LogP contribution in [0, 0.1) is 0 Å². The summed E-state index contributed by atoms with van der Waals surface area (Å²) in [5.41, 5.74) is 1.35. The average molecular weight is 412 g/mol. The van der Waals surface area contributed by atoms with Crippen LogP contribution in [-0.4, -0.2) is 90.0 Å². The molecule has 0 radical (unpaired) electrons. The summed E-state index contributed by atoms with van der Waals surface area (Å²) >= 11 is 0. The van der Waals surface area contributed by atoms with Crippen LogP contribution < -0.4 is 5.01 Å². The highest BCUT2D eigenvalue weighted by atomic mass is 16.2. The van der Waals surface area contributed by atoms with Crippen LogP contribution in [0.15, 0.2) is 35.4 Å². The zero-order valence-corrected chi connectivity index (χ0v) is 18.3. The van der Waals surface area contributed by atoms with Gasteiger partial charge in [0.2, 0.25) is 0 Å². The Balaban J connectivity index is 1.43. The molecule has 162 valence electrons. The number of piperazine rings is 1. The van der Waals surface area contributed by atoms with Crippen molar-refractivity contribution in [3.05, 3.63) is 30.3 Å². The molecule has 0 spiro atoms. The second-order valence-corrected chi connectivity index (χ2v) is 8.93. The van der Waals surface area contributed by atoms with Gasteiger partial charge in [0.25, 0.3) is 5.91 Å². The van der Waals surface area contributed by atoms with Gasteiger partial charge in [0.1, 0.15) is 11.8 Å². The van der Waals surface area contributed by atoms with E-state index in [4.69, 9.17) is 0 Å². The second kappa shape index (κ2) is 8.86. The first-order valence-electron chi connectivity index (χ1n) is 11.1. The van der Waals surface area contributed by atoms with Crippen molar-refractivity contribution in [3.8, 4) is 0 Å². The first-order chi connectivity index (χ1) is 14.4. The van der Waals surface area contributed by atoms with Crippen molar-refractivity contribution < 1.29 is 9.59 Å². The Morgan fingerprint density at radius 3 is 2.37 bits per heavy atom. The Morgan fingerprint density at radius 2 is 1.73 bits per heavy atom. The Kier molecular flexibility index (Phi) is 6.20. The number of ketones is 1. The number of piperidine rings is 1. The zero-order chi connectivity index (χ0) is 21.3. The molecule has 2 saturated heterocycles. The SMILES string of the molecule is CC(=O)[C@H]1CC(C(=O)N2CCN(C3CCN(C)CC3)[C@@H](C)C2)=NN1c1ccccc1. The van der Waals surface area contributed by atoms with Gasteiger partial charge >= 0.3 is 0 Å². The fraction of sp³-hybridized carbons (Fsp3) is 0.609. The molecule has 7 heteroatoms. The molecule has 0 aromatic heterocycles. The number of hydrazone groups is 1. The van der Waals surface area contributed by atoms with Gasteiger partial charge in [-0.2, -0.15) is 5.10 Å². The summed E-state index contributed by atoms with van der Waals surface area (Å²) in [7, 11) is 2.19. The first-order valence-corrected chi connectivity index (χ1v) is 11.1. The number of anilines is 1. The van der Waals surface area contributed by atoms with E-state index >= 15 is 0 Å². The van der Waals surface area contributed by atoms with E-state index in [9.17, 15) is 9.59 Å². The van der Waals surface area contributed by atoms with E-state index in [1.165, 1.54) is 12.8 Å². The molecule has 2 fully saturated rings. The third kappa shape index (κ3) is 4.27. The van der Waals surface area contributed by atoms with E-state index in [2.05, 4.69) is 28.9 Å². The number of para-hydroxylation sites is 1. The van der Waals surface area contributed by atoms with Crippen LogP contribution in [0.5, 0.6) is 0 Å². The molecule has 0 unspecified atom stereocenters. The molecule has 0 N–H and O–H groups in total. The van der Waals surface area contributed by atoms with Gasteiger partial charge in [0.15, 0.2) is 5.78 Å². The molecular formula is C23H33N5O2. The number of carbonyl (C=O) groups is 2. The molecule has 1 amide bonds. The van der Waals surface area contributed by atoms with Crippen LogP contribution >= 0.6 is 0 Å². The molecule has 0 saturated carbocycles. The lowest BCUT2D eigenvalue weighted by atomic mass is 9.99. The van der Waals surface area contributed by atoms with Crippen molar-refractivity contribution in [2.24, 2.45) is 5.10 Å². The summed E-state index contributed by atoms with van der Waals surface area (Å²) in [4.78, 5) is 32.4. The van der Waals surface area contributed by atoms with Crippen molar-refractivity contribution >= 4 is 23.1 Å². The number of nitrogens with zero attached hydrogens (tertiary/aromatic N) is 5. The molecule has 0 bridgehead atoms. The molecule has 7 nitrogen and oxygen atoms in total. The molecule has 3 aliphatic rings. The number of benzene rings is 1. The van der Waals surface area contributed by atoms with Gasteiger partial charge in [-0.3, -0.25) is 19.5 Å². The average Bonchev–Trinajstić information content (AvgIpc) is 3.20. The van der Waals surface area contributed by atoms with Crippen LogP contribution in [0.3, 0.4) is 0 Å². The monoisotopic (exact) mass is 411 g/mol. The minimum atomic E-state index is -0.399. The molecule has 1 aromatic rings. The maximum absolute atomic E-state index is 13.2. The predicted octanol–water partition coefficient (Wildman–Crippen LogP) is 1.84. The maximum Gasteiger partial charge on any atom is 0.270 e. The Bertz CT molecular complexity index is 803. The van der Waals surface area contributed by atoms with Crippen molar-refractivity contribution in [1.82, 2.24) is 14.7 Å². The lowest BCUT2D eigenvalue weighted by molar-refractivity contribution is -0.127. The summed E-state index contributed by atoms with van der Waals surface area (Å²) in [5, 5.41) is 6.31. The molecule has 3 aliphatic heterocycles. The minimum Gasteiger partial charge on any atom is -0.335 e. The van der Waals surface area contributed by atoms with Crippen molar-refractivity contribution in [2.45, 2.75) is 51.2 Å². The molecule has 3 heterocycles. The van der Waals surface area contributed by atoms with Gasteiger partial charge < -0.3 is 9.80 Å². The van der Waals surface area contributed by atoms with Crippen LogP contribution in [0.1, 0.15) is 33.1 Å². The Labute approximate surface area is 179 Å².